The van der Waals surface area contributed by atoms with Crippen LogP contribution >= 0.6 is 0 Å². The Morgan fingerprint density at radius 1 is 1.00 bits per heavy atom. The molecular weight excluding hydrogens is 418 g/mol. The minimum absolute atomic E-state index is 0.0216. The second-order valence-corrected chi connectivity index (χ2v) is 12.2. The molecule has 2 unspecified atom stereocenters. The Bertz CT molecular complexity index is 965. The van der Waals surface area contributed by atoms with Crippen LogP contribution in [0.3, 0.4) is 0 Å². The smallest absolute Gasteiger partial charge is 0.320 e. The van der Waals surface area contributed by atoms with Crippen LogP contribution in [0.15, 0.2) is 18.2 Å². The van der Waals surface area contributed by atoms with Crippen molar-refractivity contribution < 1.29 is 22.7 Å². The van der Waals surface area contributed by atoms with Crippen LogP contribution in [0, 0.1) is 11.3 Å². The maximum absolute atomic E-state index is 13.3. The van der Waals surface area contributed by atoms with Crippen LogP contribution in [0.4, 0.5) is 10.5 Å². The number of hydrogen-bond acceptors (Lipinski definition) is 6. The number of carbonyl (C=O) groups excluding carboxylic acids is 1. The average Bonchev–Trinajstić information content (AvgIpc) is 3.00. The quantitative estimate of drug-likeness (QED) is 0.651. The highest BCUT2D eigenvalue weighted by atomic mass is 32.2. The molecule has 2 amide bonds. The van der Waals surface area contributed by atoms with Crippen LogP contribution < -0.4 is 14.4 Å². The predicted molar refractivity (Wildman–Crippen MR) is 118 cm³/mol. The monoisotopic (exact) mass is 449 g/mol. The maximum atomic E-state index is 13.3. The van der Waals surface area contributed by atoms with Crippen molar-refractivity contribution in [3.8, 4) is 11.5 Å². The van der Waals surface area contributed by atoms with Crippen molar-refractivity contribution in [1.29, 1.82) is 0 Å². The van der Waals surface area contributed by atoms with E-state index in [0.717, 1.165) is 30.2 Å². The summed E-state index contributed by atoms with van der Waals surface area (Å²) in [6.45, 7) is 8.54. The Morgan fingerprint density at radius 2 is 1.71 bits per heavy atom. The number of nitrogens with zero attached hydrogens (tertiary/aromatic N) is 3. The predicted octanol–water partition coefficient (Wildman–Crippen LogP) is 1.84. The summed E-state index contributed by atoms with van der Waals surface area (Å²) in [6, 6.07) is 6.28. The van der Waals surface area contributed by atoms with Crippen molar-refractivity contribution >= 4 is 21.6 Å². The third-order valence-electron chi connectivity index (χ3n) is 7.16. The van der Waals surface area contributed by atoms with Gasteiger partial charge in [-0.25, -0.2) is 13.2 Å². The number of benzene rings is 1. The summed E-state index contributed by atoms with van der Waals surface area (Å²) in [5, 5.41) is 0. The van der Waals surface area contributed by atoms with E-state index in [-0.39, 0.29) is 29.0 Å². The first-order valence-electron chi connectivity index (χ1n) is 11.1. The fourth-order valence-electron chi connectivity index (χ4n) is 5.59. The lowest BCUT2D eigenvalue weighted by Gasteiger charge is -2.48. The highest BCUT2D eigenvalue weighted by molar-refractivity contribution is 7.91. The van der Waals surface area contributed by atoms with Crippen LogP contribution in [0.2, 0.25) is 0 Å². The van der Waals surface area contributed by atoms with E-state index in [1.54, 1.807) is 4.90 Å². The highest BCUT2D eigenvalue weighted by Crippen LogP contribution is 2.45. The van der Waals surface area contributed by atoms with Gasteiger partial charge in [0.05, 0.1) is 17.5 Å². The van der Waals surface area contributed by atoms with Crippen LogP contribution in [0.5, 0.6) is 11.5 Å². The molecular formula is C22H31N3O5S. The molecule has 4 saturated heterocycles. The first-order valence-corrected chi connectivity index (χ1v) is 12.9. The van der Waals surface area contributed by atoms with Crippen molar-refractivity contribution in [3.05, 3.63) is 18.2 Å². The lowest BCUT2D eigenvalue weighted by atomic mass is 9.73. The number of sulfone groups is 1. The number of urea groups is 1. The maximum Gasteiger partial charge on any atom is 0.320 e. The van der Waals surface area contributed by atoms with Gasteiger partial charge in [-0.15, -0.1) is 0 Å². The molecule has 0 saturated carbocycles. The molecule has 2 bridgehead atoms. The zero-order valence-corrected chi connectivity index (χ0v) is 19.1. The minimum atomic E-state index is -3.01. The first-order chi connectivity index (χ1) is 14.7. The first kappa shape index (κ1) is 20.7. The number of rotatable bonds is 1. The van der Waals surface area contributed by atoms with Gasteiger partial charge >= 0.3 is 6.03 Å². The number of fused-ring (bicyclic) bond motifs is 5. The molecule has 170 valence electrons. The Morgan fingerprint density at radius 3 is 2.45 bits per heavy atom. The van der Waals surface area contributed by atoms with Crippen LogP contribution in [-0.2, 0) is 9.84 Å². The van der Waals surface area contributed by atoms with Crippen molar-refractivity contribution in [1.82, 2.24) is 9.80 Å². The van der Waals surface area contributed by atoms with Crippen molar-refractivity contribution in [2.75, 3.05) is 62.3 Å². The van der Waals surface area contributed by atoms with Crippen molar-refractivity contribution in [3.63, 3.8) is 0 Å². The van der Waals surface area contributed by atoms with Crippen LogP contribution in [0.25, 0.3) is 0 Å². The summed E-state index contributed by atoms with van der Waals surface area (Å²) in [4.78, 5) is 19.4. The van der Waals surface area contributed by atoms with E-state index in [4.69, 9.17) is 9.47 Å². The van der Waals surface area contributed by atoms with E-state index >= 15 is 0 Å². The van der Waals surface area contributed by atoms with E-state index in [0.29, 0.717) is 45.3 Å². The molecule has 5 heterocycles. The Kier molecular flexibility index (Phi) is 4.99. The fourth-order valence-corrected chi connectivity index (χ4v) is 6.79. The summed E-state index contributed by atoms with van der Waals surface area (Å²) in [5.41, 5.74) is 1.15. The molecule has 5 aliphatic heterocycles. The topological polar surface area (TPSA) is 79.4 Å². The lowest BCUT2D eigenvalue weighted by molar-refractivity contribution is 0.153. The van der Waals surface area contributed by atoms with Gasteiger partial charge in [-0.1, -0.05) is 13.8 Å². The summed E-state index contributed by atoms with van der Waals surface area (Å²) in [6.07, 6.45) is 1.07. The van der Waals surface area contributed by atoms with Crippen molar-refractivity contribution in [2.24, 2.45) is 11.3 Å². The molecule has 4 fully saturated rings. The zero-order chi connectivity index (χ0) is 21.8. The average molecular weight is 450 g/mol. The van der Waals surface area contributed by atoms with E-state index in [9.17, 15) is 13.2 Å². The second-order valence-electron chi connectivity index (χ2n) is 9.88. The van der Waals surface area contributed by atoms with E-state index in [2.05, 4.69) is 30.9 Å². The Balaban J connectivity index is 1.39. The fraction of sp³-hybridized carbons (Fsp3) is 0.682. The zero-order valence-electron chi connectivity index (χ0n) is 18.2. The molecule has 0 aromatic heterocycles. The highest BCUT2D eigenvalue weighted by Gasteiger charge is 2.47. The van der Waals surface area contributed by atoms with Gasteiger partial charge in [0, 0.05) is 44.5 Å². The summed E-state index contributed by atoms with van der Waals surface area (Å²) >= 11 is 0. The molecule has 2 atom stereocenters. The number of piperidine rings is 1. The molecule has 6 rings (SSSR count). The molecule has 0 aliphatic carbocycles. The van der Waals surface area contributed by atoms with E-state index in [1.807, 2.05) is 11.0 Å². The minimum Gasteiger partial charge on any atom is -0.486 e. The molecule has 1 aromatic carbocycles. The lowest BCUT2D eigenvalue weighted by Crippen LogP contribution is -2.55. The Labute approximate surface area is 184 Å². The molecule has 1 aromatic rings. The number of amides is 2. The summed E-state index contributed by atoms with van der Waals surface area (Å²) in [5.74, 6) is 2.05. The van der Waals surface area contributed by atoms with E-state index in [1.165, 1.54) is 0 Å². The van der Waals surface area contributed by atoms with E-state index < -0.39 is 9.84 Å². The largest absolute Gasteiger partial charge is 0.486 e. The van der Waals surface area contributed by atoms with Gasteiger partial charge in [0.25, 0.3) is 0 Å². The molecule has 9 heteroatoms. The van der Waals surface area contributed by atoms with Gasteiger partial charge in [-0.05, 0) is 29.9 Å². The van der Waals surface area contributed by atoms with Crippen molar-refractivity contribution in [2.45, 2.75) is 26.3 Å². The number of anilines is 1. The molecule has 31 heavy (non-hydrogen) atoms. The third-order valence-corrected chi connectivity index (χ3v) is 8.77. The van der Waals surface area contributed by atoms with Crippen LogP contribution in [0.1, 0.15) is 20.3 Å². The molecule has 8 nitrogen and oxygen atoms in total. The molecule has 0 spiro atoms. The van der Waals surface area contributed by atoms with Gasteiger partial charge < -0.3 is 24.2 Å². The number of ether oxygens (including phenoxy) is 2. The summed E-state index contributed by atoms with van der Waals surface area (Å²) < 4.78 is 35.0. The van der Waals surface area contributed by atoms with Gasteiger partial charge in [-0.3, -0.25) is 0 Å². The Hall–Kier alpha value is -2.16. The number of hydrogen-bond donors (Lipinski definition) is 0. The standard InChI is InChI=1S/C22H31N3O5S/c1-22(2)12-16-13-24(21(26)23-5-9-31(27,28)10-6-23)15-20(22)25(14-16)17-3-4-18-19(11-17)30-8-7-29-18/h3-4,11,16,20H,5-10,12-15H2,1-2H3. The molecule has 5 aliphatic rings. The summed E-state index contributed by atoms with van der Waals surface area (Å²) in [7, 11) is -3.01. The third kappa shape index (κ3) is 3.92. The van der Waals surface area contributed by atoms with Gasteiger partial charge in [0.2, 0.25) is 0 Å². The SMILES string of the molecule is CC1(C)CC2CN(C(=O)N3CCS(=O)(=O)CC3)CC1N(c1ccc3c(c1)OCCO3)C2. The molecule has 0 radical (unpaired) electrons. The van der Waals surface area contributed by atoms with Gasteiger partial charge in [0.15, 0.2) is 21.3 Å². The second kappa shape index (κ2) is 7.46. The van der Waals surface area contributed by atoms with Crippen LogP contribution in [-0.4, -0.2) is 87.7 Å². The number of carbonyl (C=O) groups is 1. The normalized spacial score (nSPS) is 28.9. The van der Waals surface area contributed by atoms with Gasteiger partial charge in [0.1, 0.15) is 13.2 Å². The van der Waals surface area contributed by atoms with Gasteiger partial charge in [-0.2, -0.15) is 0 Å². The molecule has 0 N–H and O–H groups in total.